The predicted octanol–water partition coefficient (Wildman–Crippen LogP) is 7.85. The molecule has 1 aliphatic rings. The summed E-state index contributed by atoms with van der Waals surface area (Å²) in [6.45, 7) is 9.20. The Balaban J connectivity index is 2.48. The number of nitrogens with zero attached hydrogens (tertiary/aromatic N) is 1. The molecule has 1 atom stereocenters. The van der Waals surface area contributed by atoms with Crippen molar-refractivity contribution in [1.29, 1.82) is 5.41 Å². The molecule has 2 nitrogen and oxygen atoms in total. The fourth-order valence-corrected chi connectivity index (χ4v) is 5.61. The van der Waals surface area contributed by atoms with Gasteiger partial charge in [-0.15, -0.1) is 11.8 Å². The van der Waals surface area contributed by atoms with Crippen molar-refractivity contribution in [2.45, 2.75) is 71.8 Å². The minimum atomic E-state index is 0.0605. The van der Waals surface area contributed by atoms with E-state index in [1.165, 1.54) is 29.9 Å². The minimum Gasteiger partial charge on any atom is -0.310 e. The SMILES string of the molecule is CCCCSN1c2ccccc2C(=N)/C=C\C=C(\SCCC)CCC1(C)CC. The molecule has 0 bridgehead atoms. The Kier molecular flexibility index (Phi) is 9.73. The average Bonchev–Trinajstić information content (AvgIpc) is 2.73. The molecule has 0 radical (unpaired) electrons. The number of benzene rings is 1. The summed E-state index contributed by atoms with van der Waals surface area (Å²) in [6.07, 6.45) is 13.2. The third-order valence-electron chi connectivity index (χ3n) is 5.33. The summed E-state index contributed by atoms with van der Waals surface area (Å²) in [5, 5.41) is 8.68. The second-order valence-corrected chi connectivity index (χ2v) is 9.86. The number of thioether (sulfide) groups is 1. The lowest BCUT2D eigenvalue weighted by Crippen LogP contribution is -2.42. The Hall–Kier alpha value is -1.13. The molecule has 0 saturated heterocycles. The van der Waals surface area contributed by atoms with Gasteiger partial charge in [-0.25, -0.2) is 0 Å². The number of rotatable bonds is 8. The highest BCUT2D eigenvalue weighted by Crippen LogP contribution is 2.40. The van der Waals surface area contributed by atoms with Gasteiger partial charge < -0.3 is 9.71 Å². The van der Waals surface area contributed by atoms with Crippen LogP contribution < -0.4 is 4.31 Å². The molecular weight excluding hydrogens is 380 g/mol. The zero-order chi connectivity index (χ0) is 20.4. The number of anilines is 1. The van der Waals surface area contributed by atoms with Gasteiger partial charge in [0, 0.05) is 16.9 Å². The molecule has 4 heteroatoms. The highest BCUT2D eigenvalue weighted by Gasteiger charge is 2.32. The molecule has 28 heavy (non-hydrogen) atoms. The molecule has 1 aliphatic heterocycles. The Bertz CT molecular complexity index is 696. The van der Waals surface area contributed by atoms with Gasteiger partial charge in [0.2, 0.25) is 0 Å². The van der Waals surface area contributed by atoms with Crippen molar-refractivity contribution >= 4 is 35.1 Å². The monoisotopic (exact) mass is 416 g/mol. The fraction of sp³-hybridized carbons (Fsp3) is 0.542. The van der Waals surface area contributed by atoms with Crippen LogP contribution in [0.5, 0.6) is 0 Å². The summed E-state index contributed by atoms with van der Waals surface area (Å²) in [5.41, 5.74) is 2.87. The van der Waals surface area contributed by atoms with Crippen LogP contribution in [-0.2, 0) is 0 Å². The first-order valence-corrected chi connectivity index (χ1v) is 12.6. The number of allylic oxidation sites excluding steroid dienone is 4. The van der Waals surface area contributed by atoms with Gasteiger partial charge in [0.05, 0.1) is 11.4 Å². The summed E-state index contributed by atoms with van der Waals surface area (Å²) >= 11 is 3.92. The maximum Gasteiger partial charge on any atom is 0.0633 e. The molecule has 0 spiro atoms. The first-order valence-electron chi connectivity index (χ1n) is 10.7. The van der Waals surface area contributed by atoms with Gasteiger partial charge in [-0.1, -0.05) is 57.5 Å². The van der Waals surface area contributed by atoms with E-state index in [0.717, 1.165) is 36.3 Å². The van der Waals surface area contributed by atoms with E-state index >= 15 is 0 Å². The molecule has 0 aromatic heterocycles. The molecular formula is C24H36N2S2. The van der Waals surface area contributed by atoms with Gasteiger partial charge in [-0.2, -0.15) is 0 Å². The van der Waals surface area contributed by atoms with Crippen LogP contribution in [0.3, 0.4) is 0 Å². The second kappa shape index (κ2) is 11.8. The lowest BCUT2D eigenvalue weighted by molar-refractivity contribution is 0.430. The Morgan fingerprint density at radius 3 is 2.61 bits per heavy atom. The van der Waals surface area contributed by atoms with Crippen molar-refractivity contribution in [3.63, 3.8) is 0 Å². The predicted molar refractivity (Wildman–Crippen MR) is 131 cm³/mol. The standard InChI is InChI=1S/C24H36N2S2/c1-5-8-19-28-26-23-15-10-9-13-21(23)22(25)14-11-12-20(27-18-6-2)16-17-24(26,4)7-3/h9-15,25H,5-8,16-19H2,1-4H3/b14-11-,20-12+,25-22?. The van der Waals surface area contributed by atoms with E-state index in [0.29, 0.717) is 5.71 Å². The van der Waals surface area contributed by atoms with Crippen LogP contribution in [0.4, 0.5) is 5.69 Å². The van der Waals surface area contributed by atoms with Gasteiger partial charge in [-0.05, 0) is 73.8 Å². The van der Waals surface area contributed by atoms with Crippen LogP contribution in [0.2, 0.25) is 0 Å². The molecule has 1 aromatic carbocycles. The van der Waals surface area contributed by atoms with Crippen molar-refractivity contribution in [3.05, 3.63) is 53.0 Å². The zero-order valence-electron chi connectivity index (χ0n) is 18.0. The second-order valence-electron chi connectivity index (χ2n) is 7.60. The van der Waals surface area contributed by atoms with Crippen LogP contribution >= 0.6 is 23.7 Å². The van der Waals surface area contributed by atoms with Crippen molar-refractivity contribution in [1.82, 2.24) is 0 Å². The summed E-state index contributed by atoms with van der Waals surface area (Å²) < 4.78 is 2.54. The average molecular weight is 417 g/mol. The number of hydrogen-bond acceptors (Lipinski definition) is 4. The largest absolute Gasteiger partial charge is 0.310 e. The maximum atomic E-state index is 8.68. The van der Waals surface area contributed by atoms with E-state index in [2.05, 4.69) is 68.4 Å². The Morgan fingerprint density at radius 1 is 1.11 bits per heavy atom. The van der Waals surface area contributed by atoms with Crippen molar-refractivity contribution in [3.8, 4) is 0 Å². The normalized spacial score (nSPS) is 23.5. The Labute approximate surface area is 180 Å². The van der Waals surface area contributed by atoms with E-state index in [1.54, 1.807) is 0 Å². The fourth-order valence-electron chi connectivity index (χ4n) is 3.29. The van der Waals surface area contributed by atoms with Gasteiger partial charge in [0.25, 0.3) is 0 Å². The van der Waals surface area contributed by atoms with Crippen LogP contribution in [0.15, 0.2) is 47.4 Å². The van der Waals surface area contributed by atoms with E-state index in [4.69, 9.17) is 5.41 Å². The number of para-hydroxylation sites is 1. The molecule has 1 unspecified atom stereocenters. The molecule has 1 N–H and O–H groups in total. The first kappa shape index (κ1) is 23.2. The highest BCUT2D eigenvalue weighted by atomic mass is 32.2. The summed E-state index contributed by atoms with van der Waals surface area (Å²) in [4.78, 5) is 1.44. The molecule has 0 amide bonds. The van der Waals surface area contributed by atoms with Gasteiger partial charge >= 0.3 is 0 Å². The number of hydrogen-bond donors (Lipinski definition) is 1. The van der Waals surface area contributed by atoms with Gasteiger partial charge in [0.1, 0.15) is 0 Å². The molecule has 0 aliphatic carbocycles. The molecule has 0 saturated carbocycles. The summed E-state index contributed by atoms with van der Waals surface area (Å²) in [5.74, 6) is 2.28. The smallest absolute Gasteiger partial charge is 0.0633 e. The van der Waals surface area contributed by atoms with E-state index < -0.39 is 0 Å². The van der Waals surface area contributed by atoms with Gasteiger partial charge in [0.15, 0.2) is 0 Å². The first-order chi connectivity index (χ1) is 13.6. The lowest BCUT2D eigenvalue weighted by Gasteiger charge is -2.42. The quantitative estimate of drug-likeness (QED) is 0.345. The number of nitrogens with one attached hydrogen (secondary N) is 1. The molecule has 1 aromatic rings. The van der Waals surface area contributed by atoms with Gasteiger partial charge in [-0.3, -0.25) is 0 Å². The summed E-state index contributed by atoms with van der Waals surface area (Å²) in [6, 6.07) is 8.46. The zero-order valence-corrected chi connectivity index (χ0v) is 19.6. The van der Waals surface area contributed by atoms with Crippen LogP contribution in [0, 0.1) is 5.41 Å². The Morgan fingerprint density at radius 2 is 1.89 bits per heavy atom. The lowest BCUT2D eigenvalue weighted by atomic mass is 9.91. The topological polar surface area (TPSA) is 27.1 Å². The number of unbranched alkanes of at least 4 members (excludes halogenated alkanes) is 1. The van der Waals surface area contributed by atoms with E-state index in [-0.39, 0.29) is 5.54 Å². The van der Waals surface area contributed by atoms with Crippen LogP contribution in [0.1, 0.15) is 71.8 Å². The minimum absolute atomic E-state index is 0.0605. The third-order valence-corrected chi connectivity index (χ3v) is 8.02. The maximum absolute atomic E-state index is 8.68. The van der Waals surface area contributed by atoms with Crippen molar-refractivity contribution < 1.29 is 0 Å². The van der Waals surface area contributed by atoms with Crippen molar-refractivity contribution in [2.75, 3.05) is 15.8 Å². The van der Waals surface area contributed by atoms with Crippen LogP contribution in [-0.4, -0.2) is 22.8 Å². The van der Waals surface area contributed by atoms with Crippen LogP contribution in [0.25, 0.3) is 0 Å². The van der Waals surface area contributed by atoms with E-state index in [1.807, 2.05) is 29.8 Å². The highest BCUT2D eigenvalue weighted by molar-refractivity contribution is 8.03. The molecule has 2 rings (SSSR count). The molecule has 1 heterocycles. The summed E-state index contributed by atoms with van der Waals surface area (Å²) in [7, 11) is 0. The van der Waals surface area contributed by atoms with E-state index in [9.17, 15) is 0 Å². The third kappa shape index (κ3) is 6.18. The molecule has 154 valence electrons. The van der Waals surface area contributed by atoms with Crippen molar-refractivity contribution in [2.24, 2.45) is 0 Å². The number of fused-ring (bicyclic) bond motifs is 1. The molecule has 0 fully saturated rings.